The van der Waals surface area contributed by atoms with Crippen molar-refractivity contribution in [2.45, 2.75) is 24.3 Å². The first-order valence-corrected chi connectivity index (χ1v) is 9.09. The fourth-order valence-electron chi connectivity index (χ4n) is 4.13. The number of carbonyl (C=O) groups excluding carboxylic acids is 1. The van der Waals surface area contributed by atoms with E-state index in [4.69, 9.17) is 38.8 Å². The number of aliphatic hydroxyl groups is 1. The smallest absolute Gasteiger partial charge is 0.326 e. The van der Waals surface area contributed by atoms with Gasteiger partial charge in [0.25, 0.3) is 0 Å². The number of amides is 1. The Morgan fingerprint density at radius 3 is 2.43 bits per heavy atom. The van der Waals surface area contributed by atoms with E-state index in [2.05, 4.69) is 5.32 Å². The highest BCUT2D eigenvalue weighted by Crippen LogP contribution is 2.62. The van der Waals surface area contributed by atoms with Gasteiger partial charge in [0.05, 0.1) is 28.6 Å². The van der Waals surface area contributed by atoms with Crippen LogP contribution in [0.2, 0.25) is 10.0 Å². The van der Waals surface area contributed by atoms with Crippen molar-refractivity contribution < 1.29 is 34.4 Å². The van der Waals surface area contributed by atoms with Crippen molar-refractivity contribution in [1.82, 2.24) is 5.32 Å². The molecule has 11 heteroatoms. The van der Waals surface area contributed by atoms with Gasteiger partial charge in [-0.15, -0.1) is 0 Å². The van der Waals surface area contributed by atoms with Crippen molar-refractivity contribution >= 4 is 41.0 Å². The van der Waals surface area contributed by atoms with E-state index >= 15 is 0 Å². The predicted molar refractivity (Wildman–Crippen MR) is 96.7 cm³/mol. The van der Waals surface area contributed by atoms with Crippen LogP contribution in [0.4, 0.5) is 0 Å². The van der Waals surface area contributed by atoms with E-state index in [1.807, 2.05) is 0 Å². The van der Waals surface area contributed by atoms with Gasteiger partial charge in [-0.05, 0) is 17.7 Å². The Bertz CT molecular complexity index is 836. The van der Waals surface area contributed by atoms with Gasteiger partial charge < -0.3 is 31.1 Å². The second-order valence-electron chi connectivity index (χ2n) is 6.94. The van der Waals surface area contributed by atoms with E-state index in [1.165, 1.54) is 0 Å². The molecule has 6 N–H and O–H groups in total. The molecule has 152 valence electrons. The lowest BCUT2D eigenvalue weighted by Gasteiger charge is -2.34. The average Bonchev–Trinajstić information content (AvgIpc) is 3.34. The predicted octanol–water partition coefficient (Wildman–Crippen LogP) is 0.0982. The number of fused-ring (bicyclic) bond motifs is 1. The molecule has 0 aliphatic heterocycles. The van der Waals surface area contributed by atoms with E-state index in [0.29, 0.717) is 10.6 Å². The van der Waals surface area contributed by atoms with Gasteiger partial charge in [0.1, 0.15) is 18.2 Å². The van der Waals surface area contributed by atoms with Crippen LogP contribution in [-0.4, -0.2) is 57.5 Å². The Kier molecular flexibility index (Phi) is 5.57. The van der Waals surface area contributed by atoms with Gasteiger partial charge in [-0.2, -0.15) is 0 Å². The number of ether oxygens (including phenoxy) is 1. The fourth-order valence-corrected chi connectivity index (χ4v) is 4.45. The summed E-state index contributed by atoms with van der Waals surface area (Å²) in [6.07, 6.45) is -1.21. The number of nitrogens with one attached hydrogen (secondary N) is 1. The summed E-state index contributed by atoms with van der Waals surface area (Å²) < 4.78 is 5.75. The van der Waals surface area contributed by atoms with Crippen molar-refractivity contribution in [3.63, 3.8) is 0 Å². The van der Waals surface area contributed by atoms with Crippen LogP contribution < -0.4 is 11.1 Å². The molecule has 0 saturated heterocycles. The van der Waals surface area contributed by atoms with Gasteiger partial charge >= 0.3 is 11.9 Å². The van der Waals surface area contributed by atoms with E-state index < -0.39 is 59.9 Å². The lowest BCUT2D eigenvalue weighted by atomic mass is 9.87. The van der Waals surface area contributed by atoms with Gasteiger partial charge in [-0.3, -0.25) is 14.4 Å². The van der Waals surface area contributed by atoms with E-state index in [0.717, 1.165) is 0 Å². The first kappa shape index (κ1) is 20.8. The minimum absolute atomic E-state index is 0.0868. The van der Waals surface area contributed by atoms with Crippen molar-refractivity contribution in [2.24, 2.45) is 23.5 Å². The van der Waals surface area contributed by atoms with Crippen LogP contribution in [0.5, 0.6) is 0 Å². The highest BCUT2D eigenvalue weighted by Gasteiger charge is 2.78. The molecule has 1 aromatic carbocycles. The third-order valence-corrected chi connectivity index (χ3v) is 6.12. The summed E-state index contributed by atoms with van der Waals surface area (Å²) in [7, 11) is 0. The number of halogens is 2. The monoisotopic (exact) mass is 432 g/mol. The number of nitrogens with two attached hydrogens (primary N) is 1. The molecule has 0 bridgehead atoms. The molecule has 1 amide bonds. The highest BCUT2D eigenvalue weighted by molar-refractivity contribution is 6.42. The summed E-state index contributed by atoms with van der Waals surface area (Å²) in [5.74, 6) is -6.05. The van der Waals surface area contributed by atoms with Gasteiger partial charge in [-0.25, -0.2) is 0 Å². The zero-order valence-electron chi connectivity index (χ0n) is 14.3. The molecule has 0 radical (unpaired) electrons. The number of carboxylic acid groups (broad SMARTS) is 2. The summed E-state index contributed by atoms with van der Waals surface area (Å²) in [4.78, 5) is 35.1. The maximum Gasteiger partial charge on any atom is 0.326 e. The number of aliphatic hydroxyl groups excluding tert-OH is 1. The Hall–Kier alpha value is -1.91. The maximum atomic E-state index is 12.0. The fraction of sp³-hybridized carbons (Fsp3) is 0.471. The topological polar surface area (TPSA) is 159 Å². The maximum absolute atomic E-state index is 12.0. The van der Waals surface area contributed by atoms with E-state index in [-0.39, 0.29) is 11.6 Å². The van der Waals surface area contributed by atoms with Crippen LogP contribution in [0.15, 0.2) is 18.2 Å². The first-order valence-electron chi connectivity index (χ1n) is 8.33. The number of benzene rings is 1. The lowest BCUT2D eigenvalue weighted by Crippen LogP contribution is -2.64. The highest BCUT2D eigenvalue weighted by atomic mass is 35.5. The molecule has 0 unspecified atom stereocenters. The number of rotatable bonds is 7. The van der Waals surface area contributed by atoms with Crippen molar-refractivity contribution in [3.05, 3.63) is 33.8 Å². The minimum atomic E-state index is -2.02. The summed E-state index contributed by atoms with van der Waals surface area (Å²) in [5.41, 5.74) is 4.71. The molecule has 0 spiro atoms. The van der Waals surface area contributed by atoms with Crippen molar-refractivity contribution in [3.8, 4) is 0 Å². The molecule has 9 nitrogen and oxygen atoms in total. The van der Waals surface area contributed by atoms with Crippen molar-refractivity contribution in [2.75, 3.05) is 6.61 Å². The molecule has 2 aliphatic rings. The quantitative estimate of drug-likeness (QED) is 0.405. The zero-order valence-corrected chi connectivity index (χ0v) is 15.9. The van der Waals surface area contributed by atoms with Gasteiger partial charge in [0.15, 0.2) is 0 Å². The zero-order chi connectivity index (χ0) is 20.8. The number of carbonyl (C=O) groups is 3. The van der Waals surface area contributed by atoms with Crippen molar-refractivity contribution in [1.29, 1.82) is 0 Å². The Balaban J connectivity index is 1.88. The van der Waals surface area contributed by atoms with Gasteiger partial charge in [0, 0.05) is 11.8 Å². The SMILES string of the molecule is N[C@]1(C(=O)O)[C@@H]2[C@@H](C(=O)O)[C@@H]2[C@H](NC(=O)CO)[C@H]1OCc1ccc(Cl)c(Cl)c1. The summed E-state index contributed by atoms with van der Waals surface area (Å²) in [5, 5.41) is 31.2. The number of hydrogen-bond acceptors (Lipinski definition) is 6. The molecular formula is C17H18Cl2N2O7. The first-order chi connectivity index (χ1) is 13.1. The third kappa shape index (κ3) is 3.33. The Morgan fingerprint density at radius 1 is 1.21 bits per heavy atom. The molecule has 3 rings (SSSR count). The molecule has 2 fully saturated rings. The largest absolute Gasteiger partial charge is 0.481 e. The normalized spacial score (nSPS) is 33.2. The standard InChI is InChI=1S/C17H18Cl2N2O7/c18-7-2-1-6(3-8(7)19)5-28-14-13(21-9(23)4-22)10-11(15(24)25)12(10)17(14,20)16(26)27/h1-3,10-14,22H,4-5,20H2,(H,21,23)(H,24,25)(H,26,27)/t10-,11-,12-,13-,14+,17+/m0/s1. The molecule has 2 aliphatic carbocycles. The van der Waals surface area contributed by atoms with E-state index in [9.17, 15) is 24.6 Å². The third-order valence-electron chi connectivity index (χ3n) is 5.38. The van der Waals surface area contributed by atoms with Crippen LogP contribution in [-0.2, 0) is 25.7 Å². The summed E-state index contributed by atoms with van der Waals surface area (Å²) >= 11 is 11.8. The van der Waals surface area contributed by atoms with Crippen LogP contribution in [0.1, 0.15) is 5.56 Å². The molecule has 0 aromatic heterocycles. The number of carboxylic acids is 2. The Labute approximate surface area is 169 Å². The average molecular weight is 433 g/mol. The second kappa shape index (κ2) is 7.49. The number of hydrogen-bond donors (Lipinski definition) is 5. The minimum Gasteiger partial charge on any atom is -0.481 e. The summed E-state index contributed by atoms with van der Waals surface area (Å²) in [6, 6.07) is 3.74. The lowest BCUT2D eigenvalue weighted by molar-refractivity contribution is -0.154. The molecule has 28 heavy (non-hydrogen) atoms. The molecular weight excluding hydrogens is 415 g/mol. The molecule has 1 aromatic rings. The van der Waals surface area contributed by atoms with Gasteiger partial charge in [-0.1, -0.05) is 29.3 Å². The second-order valence-corrected chi connectivity index (χ2v) is 7.75. The Morgan fingerprint density at radius 2 is 1.89 bits per heavy atom. The van der Waals surface area contributed by atoms with Gasteiger partial charge in [0.2, 0.25) is 5.91 Å². The summed E-state index contributed by atoms with van der Waals surface area (Å²) in [6.45, 7) is -0.924. The van der Waals surface area contributed by atoms with E-state index in [1.54, 1.807) is 18.2 Å². The van der Waals surface area contributed by atoms with Crippen LogP contribution in [0.3, 0.4) is 0 Å². The van der Waals surface area contributed by atoms with Crippen LogP contribution in [0, 0.1) is 17.8 Å². The molecule has 0 heterocycles. The number of aliphatic carboxylic acids is 2. The van der Waals surface area contributed by atoms with Crippen LogP contribution >= 0.6 is 23.2 Å². The molecule has 6 atom stereocenters. The van der Waals surface area contributed by atoms with Crippen LogP contribution in [0.25, 0.3) is 0 Å². The molecule has 2 saturated carbocycles.